The lowest BCUT2D eigenvalue weighted by molar-refractivity contribution is -0.120. The van der Waals surface area contributed by atoms with Gasteiger partial charge < -0.3 is 4.74 Å². The van der Waals surface area contributed by atoms with Gasteiger partial charge in [0, 0.05) is 35.7 Å². The van der Waals surface area contributed by atoms with Crippen LogP contribution in [0.15, 0.2) is 66.6 Å². The minimum atomic E-state index is -0.0520. The molecule has 2 aliphatic rings. The molecule has 3 atom stereocenters. The zero-order valence-electron chi connectivity index (χ0n) is 15.9. The Morgan fingerprint density at radius 1 is 1.11 bits per heavy atom. The fourth-order valence-corrected chi connectivity index (χ4v) is 4.22. The number of carbonyl (C=O) groups is 1. The van der Waals surface area contributed by atoms with Crippen molar-refractivity contribution in [3.05, 3.63) is 77.8 Å². The molecule has 3 nitrogen and oxygen atoms in total. The lowest BCUT2D eigenvalue weighted by Gasteiger charge is -2.31. The van der Waals surface area contributed by atoms with E-state index in [-0.39, 0.29) is 17.8 Å². The third-order valence-corrected chi connectivity index (χ3v) is 5.91. The highest BCUT2D eigenvalue weighted by molar-refractivity contribution is 5.97. The Hall–Kier alpha value is -2.42. The van der Waals surface area contributed by atoms with Crippen LogP contribution in [-0.2, 0) is 16.0 Å². The van der Waals surface area contributed by atoms with Crippen molar-refractivity contribution in [2.24, 2.45) is 11.8 Å². The van der Waals surface area contributed by atoms with E-state index in [0.717, 1.165) is 24.1 Å². The maximum atomic E-state index is 13.1. The molecule has 0 saturated heterocycles. The van der Waals surface area contributed by atoms with Crippen molar-refractivity contribution in [2.75, 3.05) is 0 Å². The second kappa shape index (κ2) is 8.08. The Kier molecular flexibility index (Phi) is 5.38. The van der Waals surface area contributed by atoms with Gasteiger partial charge in [0.25, 0.3) is 0 Å². The van der Waals surface area contributed by atoms with Crippen molar-refractivity contribution >= 4 is 5.78 Å². The lowest BCUT2D eigenvalue weighted by atomic mass is 9.81. The summed E-state index contributed by atoms with van der Waals surface area (Å²) >= 11 is 0. The molecule has 0 spiro atoms. The van der Waals surface area contributed by atoms with Crippen molar-refractivity contribution in [3.8, 4) is 0 Å². The summed E-state index contributed by atoms with van der Waals surface area (Å²) in [6.07, 6.45) is 8.26. The molecule has 1 aromatic carbocycles. The SMILES string of the molecule is CCC(Cc1ccccn1)C1CC(=O)C(C(c2ccccc2)C2CC2)=CO1. The van der Waals surface area contributed by atoms with Crippen LogP contribution < -0.4 is 0 Å². The average Bonchev–Trinajstić information content (AvgIpc) is 3.54. The summed E-state index contributed by atoms with van der Waals surface area (Å²) in [6.45, 7) is 2.16. The van der Waals surface area contributed by atoms with Gasteiger partial charge in [-0.15, -0.1) is 0 Å². The van der Waals surface area contributed by atoms with Crippen LogP contribution in [0.4, 0.5) is 0 Å². The quantitative estimate of drug-likeness (QED) is 0.690. The number of hydrogen-bond acceptors (Lipinski definition) is 3. The Labute approximate surface area is 161 Å². The van der Waals surface area contributed by atoms with E-state index < -0.39 is 0 Å². The van der Waals surface area contributed by atoms with Gasteiger partial charge in [-0.2, -0.15) is 0 Å². The number of hydrogen-bond donors (Lipinski definition) is 0. The minimum Gasteiger partial charge on any atom is -0.497 e. The number of benzene rings is 1. The van der Waals surface area contributed by atoms with Crippen LogP contribution in [0.5, 0.6) is 0 Å². The molecule has 2 aromatic rings. The number of ketones is 1. The van der Waals surface area contributed by atoms with E-state index in [1.807, 2.05) is 30.5 Å². The first kappa shape index (κ1) is 18.0. The summed E-state index contributed by atoms with van der Waals surface area (Å²) in [5, 5.41) is 0. The first-order chi connectivity index (χ1) is 13.3. The number of Topliss-reactive ketones (excluding diaryl/α,β-unsaturated/α-hetero) is 1. The van der Waals surface area contributed by atoms with Gasteiger partial charge in [0.1, 0.15) is 6.10 Å². The van der Waals surface area contributed by atoms with Crippen LogP contribution in [0.3, 0.4) is 0 Å². The van der Waals surface area contributed by atoms with Crippen molar-refractivity contribution in [1.29, 1.82) is 0 Å². The van der Waals surface area contributed by atoms with E-state index in [4.69, 9.17) is 4.74 Å². The number of rotatable bonds is 7. The second-order valence-corrected chi connectivity index (χ2v) is 7.79. The lowest BCUT2D eigenvalue weighted by Crippen LogP contribution is -2.32. The molecule has 0 bridgehead atoms. The fraction of sp³-hybridized carbons (Fsp3) is 0.417. The van der Waals surface area contributed by atoms with Crippen LogP contribution in [0.2, 0.25) is 0 Å². The molecule has 0 radical (unpaired) electrons. The highest BCUT2D eigenvalue weighted by Crippen LogP contribution is 2.48. The van der Waals surface area contributed by atoms with Crippen LogP contribution >= 0.6 is 0 Å². The largest absolute Gasteiger partial charge is 0.497 e. The number of aromatic nitrogens is 1. The molecule has 1 aromatic heterocycles. The molecule has 0 amide bonds. The smallest absolute Gasteiger partial charge is 0.166 e. The van der Waals surface area contributed by atoms with Crippen molar-refractivity contribution in [2.45, 2.75) is 51.0 Å². The molecule has 3 unspecified atom stereocenters. The monoisotopic (exact) mass is 361 g/mol. The highest BCUT2D eigenvalue weighted by Gasteiger charge is 2.40. The van der Waals surface area contributed by atoms with Gasteiger partial charge in [0.2, 0.25) is 0 Å². The van der Waals surface area contributed by atoms with Crippen molar-refractivity contribution in [3.63, 3.8) is 0 Å². The van der Waals surface area contributed by atoms with Crippen LogP contribution in [0.25, 0.3) is 0 Å². The highest BCUT2D eigenvalue weighted by atomic mass is 16.5. The molecule has 0 N–H and O–H groups in total. The first-order valence-electron chi connectivity index (χ1n) is 10.1. The van der Waals surface area contributed by atoms with E-state index >= 15 is 0 Å². The minimum absolute atomic E-state index is 0.0520. The topological polar surface area (TPSA) is 39.2 Å². The molecule has 1 saturated carbocycles. The van der Waals surface area contributed by atoms with Gasteiger partial charge in [0.05, 0.1) is 6.26 Å². The number of carbonyl (C=O) groups excluding carboxylic acids is 1. The predicted molar refractivity (Wildman–Crippen MR) is 106 cm³/mol. The standard InChI is InChI=1S/C24H27NO2/c1-2-17(14-20-10-6-7-13-25-20)23-15-22(26)21(16-27-23)24(19-11-12-19)18-8-4-3-5-9-18/h3-10,13,16-17,19,23-24H,2,11-12,14-15H2,1H3. The molecule has 140 valence electrons. The van der Waals surface area contributed by atoms with Gasteiger partial charge in [-0.1, -0.05) is 43.3 Å². The molecule has 1 aliphatic carbocycles. The summed E-state index contributed by atoms with van der Waals surface area (Å²) in [4.78, 5) is 17.5. The first-order valence-corrected chi connectivity index (χ1v) is 10.1. The van der Waals surface area contributed by atoms with E-state index in [1.54, 1.807) is 6.26 Å². The maximum Gasteiger partial charge on any atom is 0.166 e. The number of nitrogens with zero attached hydrogens (tertiary/aromatic N) is 1. The van der Waals surface area contributed by atoms with Gasteiger partial charge in [-0.05, 0) is 49.3 Å². The zero-order chi connectivity index (χ0) is 18.6. The summed E-state index contributed by atoms with van der Waals surface area (Å²) in [5.74, 6) is 1.33. The molecule has 1 fully saturated rings. The van der Waals surface area contributed by atoms with E-state index in [0.29, 0.717) is 18.3 Å². The maximum absolute atomic E-state index is 13.1. The Balaban J connectivity index is 1.51. The van der Waals surface area contributed by atoms with Crippen LogP contribution in [0.1, 0.15) is 49.8 Å². The Morgan fingerprint density at radius 3 is 2.52 bits per heavy atom. The van der Waals surface area contributed by atoms with E-state index in [9.17, 15) is 4.79 Å². The van der Waals surface area contributed by atoms with Crippen molar-refractivity contribution < 1.29 is 9.53 Å². The molecule has 3 heteroatoms. The van der Waals surface area contributed by atoms with E-state index in [1.165, 1.54) is 18.4 Å². The fourth-order valence-electron chi connectivity index (χ4n) is 4.22. The number of ether oxygens (including phenoxy) is 1. The third-order valence-electron chi connectivity index (χ3n) is 5.91. The normalized spacial score (nSPS) is 21.9. The molecule has 27 heavy (non-hydrogen) atoms. The third kappa shape index (κ3) is 4.13. The molecule has 4 rings (SSSR count). The van der Waals surface area contributed by atoms with Crippen molar-refractivity contribution in [1.82, 2.24) is 4.98 Å². The van der Waals surface area contributed by atoms with Crippen LogP contribution in [-0.4, -0.2) is 16.9 Å². The van der Waals surface area contributed by atoms with Gasteiger partial charge >= 0.3 is 0 Å². The summed E-state index contributed by atoms with van der Waals surface area (Å²) in [5.41, 5.74) is 3.17. The summed E-state index contributed by atoms with van der Waals surface area (Å²) in [6, 6.07) is 16.4. The summed E-state index contributed by atoms with van der Waals surface area (Å²) < 4.78 is 6.16. The molecular formula is C24H27NO2. The average molecular weight is 361 g/mol. The van der Waals surface area contributed by atoms with Crippen LogP contribution in [0, 0.1) is 11.8 Å². The second-order valence-electron chi connectivity index (χ2n) is 7.79. The van der Waals surface area contributed by atoms with Gasteiger partial charge in [0.15, 0.2) is 5.78 Å². The Bertz CT molecular complexity index is 796. The zero-order valence-corrected chi connectivity index (χ0v) is 15.9. The molecular weight excluding hydrogens is 334 g/mol. The predicted octanol–water partition coefficient (Wildman–Crippen LogP) is 5.09. The molecule has 1 aliphatic heterocycles. The van der Waals surface area contributed by atoms with Gasteiger partial charge in [-0.3, -0.25) is 9.78 Å². The summed E-state index contributed by atoms with van der Waals surface area (Å²) in [7, 11) is 0. The Morgan fingerprint density at radius 2 is 1.89 bits per heavy atom. The number of pyridine rings is 1. The van der Waals surface area contributed by atoms with Gasteiger partial charge in [-0.25, -0.2) is 0 Å². The molecule has 2 heterocycles. The number of allylic oxidation sites excluding steroid dienone is 1. The van der Waals surface area contributed by atoms with E-state index in [2.05, 4.69) is 36.2 Å².